The van der Waals surface area contributed by atoms with Gasteiger partial charge in [-0.15, -0.1) is 0 Å². The van der Waals surface area contributed by atoms with E-state index in [-0.39, 0.29) is 11.9 Å². The summed E-state index contributed by atoms with van der Waals surface area (Å²) < 4.78 is 0. The number of nitrogens with one attached hydrogen (secondary N) is 1. The highest BCUT2D eigenvalue weighted by atomic mass is 16.1. The van der Waals surface area contributed by atoms with Crippen molar-refractivity contribution in [3.05, 3.63) is 30.1 Å². The largest absolute Gasteiger partial charge is 0.346 e. The summed E-state index contributed by atoms with van der Waals surface area (Å²) in [6.45, 7) is 0. The van der Waals surface area contributed by atoms with Gasteiger partial charge in [-0.1, -0.05) is 18.9 Å². The molecule has 0 bridgehead atoms. The Morgan fingerprint density at radius 1 is 1.33 bits per heavy atom. The minimum Gasteiger partial charge on any atom is -0.346 e. The number of pyridine rings is 1. The van der Waals surface area contributed by atoms with Gasteiger partial charge in [-0.25, -0.2) is 0 Å². The predicted octanol–water partition coefficient (Wildman–Crippen LogP) is 1.68. The zero-order chi connectivity index (χ0) is 13.0. The Morgan fingerprint density at radius 2 is 2.11 bits per heavy atom. The van der Waals surface area contributed by atoms with Crippen molar-refractivity contribution in [1.82, 2.24) is 15.2 Å². The van der Waals surface area contributed by atoms with Crippen LogP contribution < -0.4 is 5.32 Å². The first kappa shape index (κ1) is 13.0. The van der Waals surface area contributed by atoms with Crippen LogP contribution in [-0.4, -0.2) is 42.0 Å². The molecule has 1 fully saturated rings. The number of nitrogens with zero attached hydrogens (tertiary/aromatic N) is 2. The van der Waals surface area contributed by atoms with Gasteiger partial charge in [0.25, 0.3) is 5.91 Å². The molecule has 1 saturated carbocycles. The van der Waals surface area contributed by atoms with Gasteiger partial charge in [-0.05, 0) is 39.1 Å². The monoisotopic (exact) mass is 247 g/mol. The van der Waals surface area contributed by atoms with Gasteiger partial charge in [-0.2, -0.15) is 0 Å². The predicted molar refractivity (Wildman–Crippen MR) is 71.4 cm³/mol. The lowest BCUT2D eigenvalue weighted by Crippen LogP contribution is -2.51. The van der Waals surface area contributed by atoms with Gasteiger partial charge in [0.2, 0.25) is 0 Å². The van der Waals surface area contributed by atoms with Gasteiger partial charge in [0.05, 0.1) is 0 Å². The molecule has 1 aliphatic carbocycles. The van der Waals surface area contributed by atoms with Crippen molar-refractivity contribution in [2.75, 3.05) is 14.1 Å². The average Bonchev–Trinajstić information content (AvgIpc) is 2.40. The van der Waals surface area contributed by atoms with Crippen LogP contribution in [0.3, 0.4) is 0 Å². The molecular formula is C14H21N3O. The molecule has 1 aliphatic rings. The van der Waals surface area contributed by atoms with E-state index in [0.29, 0.717) is 11.7 Å². The summed E-state index contributed by atoms with van der Waals surface area (Å²) in [4.78, 5) is 18.4. The molecule has 0 spiro atoms. The van der Waals surface area contributed by atoms with E-state index >= 15 is 0 Å². The fourth-order valence-corrected chi connectivity index (χ4v) is 2.64. The number of rotatable bonds is 3. The molecule has 4 heteroatoms. The van der Waals surface area contributed by atoms with E-state index < -0.39 is 0 Å². The Morgan fingerprint density at radius 3 is 2.78 bits per heavy atom. The summed E-state index contributed by atoms with van der Waals surface area (Å²) in [5.41, 5.74) is 0.501. The van der Waals surface area contributed by atoms with Gasteiger partial charge >= 0.3 is 0 Å². The third-order valence-corrected chi connectivity index (χ3v) is 3.61. The Bertz CT molecular complexity index is 391. The summed E-state index contributed by atoms with van der Waals surface area (Å²) >= 11 is 0. The van der Waals surface area contributed by atoms with E-state index in [4.69, 9.17) is 0 Å². The molecule has 18 heavy (non-hydrogen) atoms. The molecule has 0 radical (unpaired) electrons. The Balaban J connectivity index is 2.01. The summed E-state index contributed by atoms with van der Waals surface area (Å²) in [7, 11) is 4.16. The first-order valence-corrected chi connectivity index (χ1v) is 6.57. The SMILES string of the molecule is CN(C)[C@H]1CCCC[C@@H]1NC(=O)c1ccccn1. The number of hydrogen-bond acceptors (Lipinski definition) is 3. The number of aromatic nitrogens is 1. The maximum absolute atomic E-state index is 12.1. The minimum atomic E-state index is -0.0608. The van der Waals surface area contributed by atoms with Crippen molar-refractivity contribution >= 4 is 5.91 Å². The molecule has 2 rings (SSSR count). The second-order valence-electron chi connectivity index (χ2n) is 5.11. The van der Waals surface area contributed by atoms with Gasteiger partial charge in [0, 0.05) is 18.3 Å². The highest BCUT2D eigenvalue weighted by Gasteiger charge is 2.28. The topological polar surface area (TPSA) is 45.2 Å². The van der Waals surface area contributed by atoms with Gasteiger partial charge in [0.1, 0.15) is 5.69 Å². The van der Waals surface area contributed by atoms with E-state index in [1.165, 1.54) is 12.8 Å². The highest BCUT2D eigenvalue weighted by molar-refractivity contribution is 5.92. The van der Waals surface area contributed by atoms with Gasteiger partial charge < -0.3 is 10.2 Å². The smallest absolute Gasteiger partial charge is 0.270 e. The minimum absolute atomic E-state index is 0.0608. The van der Waals surface area contributed by atoms with E-state index in [0.717, 1.165) is 12.8 Å². The van der Waals surface area contributed by atoms with Crippen LogP contribution in [-0.2, 0) is 0 Å². The first-order chi connectivity index (χ1) is 8.68. The molecule has 2 atom stereocenters. The third kappa shape index (κ3) is 3.07. The average molecular weight is 247 g/mol. The molecule has 1 aromatic heterocycles. The molecule has 1 N–H and O–H groups in total. The number of carbonyl (C=O) groups excluding carboxylic acids is 1. The Hall–Kier alpha value is -1.42. The van der Waals surface area contributed by atoms with Crippen molar-refractivity contribution in [2.24, 2.45) is 0 Å². The highest BCUT2D eigenvalue weighted by Crippen LogP contribution is 2.21. The lowest BCUT2D eigenvalue weighted by atomic mass is 9.89. The maximum atomic E-state index is 12.1. The molecule has 4 nitrogen and oxygen atoms in total. The molecule has 0 saturated heterocycles. The molecule has 0 unspecified atom stereocenters. The summed E-state index contributed by atoms with van der Waals surface area (Å²) in [6, 6.07) is 6.09. The van der Waals surface area contributed by atoms with Crippen LogP contribution in [0, 0.1) is 0 Å². The number of hydrogen-bond donors (Lipinski definition) is 1. The summed E-state index contributed by atoms with van der Waals surface area (Å²) in [5.74, 6) is -0.0608. The van der Waals surface area contributed by atoms with Crippen LogP contribution >= 0.6 is 0 Å². The molecule has 98 valence electrons. The van der Waals surface area contributed by atoms with Crippen LogP contribution in [0.15, 0.2) is 24.4 Å². The molecule has 0 aliphatic heterocycles. The third-order valence-electron chi connectivity index (χ3n) is 3.61. The molecular weight excluding hydrogens is 226 g/mol. The van der Waals surface area contributed by atoms with Crippen LogP contribution in [0.2, 0.25) is 0 Å². The lowest BCUT2D eigenvalue weighted by molar-refractivity contribution is 0.0878. The standard InChI is InChI=1S/C14H21N3O/c1-17(2)13-9-4-3-7-11(13)16-14(18)12-8-5-6-10-15-12/h5-6,8,10-11,13H,3-4,7,9H2,1-2H3,(H,16,18)/t11-,13-/m0/s1. The van der Waals surface area contributed by atoms with Crippen molar-refractivity contribution in [1.29, 1.82) is 0 Å². The van der Waals surface area contributed by atoms with E-state index in [1.807, 2.05) is 12.1 Å². The summed E-state index contributed by atoms with van der Waals surface area (Å²) in [5, 5.41) is 3.12. The van der Waals surface area contributed by atoms with Gasteiger partial charge in [0.15, 0.2) is 0 Å². The number of amides is 1. The zero-order valence-electron chi connectivity index (χ0n) is 11.1. The fraction of sp³-hybridized carbons (Fsp3) is 0.571. The quantitative estimate of drug-likeness (QED) is 0.884. The first-order valence-electron chi connectivity index (χ1n) is 6.57. The summed E-state index contributed by atoms with van der Waals surface area (Å²) in [6.07, 6.45) is 6.30. The fourth-order valence-electron chi connectivity index (χ4n) is 2.64. The van der Waals surface area contributed by atoms with Gasteiger partial charge in [-0.3, -0.25) is 9.78 Å². The Labute approximate surface area is 108 Å². The second-order valence-corrected chi connectivity index (χ2v) is 5.11. The Kier molecular flexibility index (Phi) is 4.31. The van der Waals surface area contributed by atoms with Crippen molar-refractivity contribution in [3.63, 3.8) is 0 Å². The maximum Gasteiger partial charge on any atom is 0.270 e. The van der Waals surface area contributed by atoms with Crippen molar-refractivity contribution < 1.29 is 4.79 Å². The molecule has 1 aromatic rings. The van der Waals surface area contributed by atoms with Crippen LogP contribution in [0.4, 0.5) is 0 Å². The molecule has 1 amide bonds. The van der Waals surface area contributed by atoms with Crippen LogP contribution in [0.1, 0.15) is 36.2 Å². The number of likely N-dealkylation sites (N-methyl/N-ethyl adjacent to an activating group) is 1. The van der Waals surface area contributed by atoms with Crippen molar-refractivity contribution in [2.45, 2.75) is 37.8 Å². The van der Waals surface area contributed by atoms with Crippen LogP contribution in [0.5, 0.6) is 0 Å². The lowest BCUT2D eigenvalue weighted by Gasteiger charge is -2.36. The van der Waals surface area contributed by atoms with Crippen LogP contribution in [0.25, 0.3) is 0 Å². The normalized spacial score (nSPS) is 23.9. The molecule has 1 heterocycles. The molecule has 0 aromatic carbocycles. The van der Waals surface area contributed by atoms with E-state index in [2.05, 4.69) is 29.3 Å². The number of carbonyl (C=O) groups is 1. The second kappa shape index (κ2) is 5.96. The van der Waals surface area contributed by atoms with E-state index in [9.17, 15) is 4.79 Å². The van der Waals surface area contributed by atoms with Crippen molar-refractivity contribution in [3.8, 4) is 0 Å². The van der Waals surface area contributed by atoms with E-state index in [1.54, 1.807) is 12.3 Å². The zero-order valence-corrected chi connectivity index (χ0v) is 11.1.